The Morgan fingerprint density at radius 2 is 2.10 bits per heavy atom. The summed E-state index contributed by atoms with van der Waals surface area (Å²) in [5.41, 5.74) is 5.77. The van der Waals surface area contributed by atoms with Gasteiger partial charge in [0.1, 0.15) is 0 Å². The van der Waals surface area contributed by atoms with Crippen LogP contribution in [0.3, 0.4) is 0 Å². The van der Waals surface area contributed by atoms with Crippen molar-refractivity contribution in [1.29, 1.82) is 0 Å². The maximum Gasteiger partial charge on any atom is 0.310 e. The third kappa shape index (κ3) is 6.04. The Kier molecular flexibility index (Phi) is 7.72. The molecule has 0 aliphatic carbocycles. The molecule has 0 bridgehead atoms. The third-order valence-corrected chi connectivity index (χ3v) is 4.00. The van der Waals surface area contributed by atoms with E-state index >= 15 is 0 Å². The minimum absolute atomic E-state index is 0.125. The Bertz CT molecular complexity index is 344. The van der Waals surface area contributed by atoms with Gasteiger partial charge in [0.25, 0.3) is 0 Å². The molecule has 0 saturated carbocycles. The molecule has 1 unspecified atom stereocenters. The van der Waals surface area contributed by atoms with Crippen LogP contribution in [0.2, 0.25) is 0 Å². The number of hydrogen-bond donors (Lipinski definition) is 1. The highest BCUT2D eigenvalue weighted by atomic mass is 16.5. The summed E-state index contributed by atoms with van der Waals surface area (Å²) >= 11 is 0. The molecule has 122 valence electrons. The summed E-state index contributed by atoms with van der Waals surface area (Å²) < 4.78 is 5.07. The van der Waals surface area contributed by atoms with E-state index in [0.29, 0.717) is 32.0 Å². The highest BCUT2D eigenvalue weighted by molar-refractivity contribution is 5.78. The standard InChI is InChI=1S/C16H30N2O3/c1-4-21-16(20)14-6-5-7-18(11-14)15(19)9-13(10-17)8-12(2)3/h12-14H,4-11,17H2,1-3H3/t13-,14?/m0/s1. The smallest absolute Gasteiger partial charge is 0.310 e. The average Bonchev–Trinajstić information content (AvgIpc) is 2.46. The molecule has 0 aromatic heterocycles. The van der Waals surface area contributed by atoms with E-state index in [4.69, 9.17) is 10.5 Å². The third-order valence-electron chi connectivity index (χ3n) is 4.00. The fraction of sp³-hybridized carbons (Fsp3) is 0.875. The number of piperidine rings is 1. The SMILES string of the molecule is CCOC(=O)C1CCCN(C(=O)C[C@@H](CN)CC(C)C)C1. The van der Waals surface area contributed by atoms with Crippen molar-refractivity contribution in [3.8, 4) is 0 Å². The zero-order valence-electron chi connectivity index (χ0n) is 13.6. The number of ether oxygens (including phenoxy) is 1. The second kappa shape index (κ2) is 9.03. The lowest BCUT2D eigenvalue weighted by Gasteiger charge is -2.32. The maximum absolute atomic E-state index is 12.4. The number of rotatable bonds is 7. The van der Waals surface area contributed by atoms with Crippen molar-refractivity contribution < 1.29 is 14.3 Å². The van der Waals surface area contributed by atoms with Gasteiger partial charge in [0.15, 0.2) is 0 Å². The predicted molar refractivity (Wildman–Crippen MR) is 82.6 cm³/mol. The van der Waals surface area contributed by atoms with Crippen molar-refractivity contribution in [2.75, 3.05) is 26.2 Å². The van der Waals surface area contributed by atoms with Gasteiger partial charge >= 0.3 is 5.97 Å². The first kappa shape index (κ1) is 18.0. The van der Waals surface area contributed by atoms with E-state index in [1.807, 2.05) is 4.90 Å². The Morgan fingerprint density at radius 1 is 1.38 bits per heavy atom. The van der Waals surface area contributed by atoms with E-state index < -0.39 is 0 Å². The Labute approximate surface area is 128 Å². The van der Waals surface area contributed by atoms with E-state index in [9.17, 15) is 9.59 Å². The second-order valence-corrected chi connectivity index (χ2v) is 6.37. The molecule has 5 nitrogen and oxygen atoms in total. The van der Waals surface area contributed by atoms with Crippen molar-refractivity contribution in [1.82, 2.24) is 4.90 Å². The van der Waals surface area contributed by atoms with Crippen LogP contribution in [-0.2, 0) is 14.3 Å². The fourth-order valence-electron chi connectivity index (χ4n) is 2.96. The van der Waals surface area contributed by atoms with E-state index in [1.54, 1.807) is 6.92 Å². The number of carbonyl (C=O) groups is 2. The number of nitrogens with two attached hydrogens (primary N) is 1. The molecule has 2 N–H and O–H groups in total. The van der Waals surface area contributed by atoms with Crippen molar-refractivity contribution in [3.63, 3.8) is 0 Å². The number of likely N-dealkylation sites (tertiary alicyclic amines) is 1. The lowest BCUT2D eigenvalue weighted by molar-refractivity contribution is -0.151. The zero-order chi connectivity index (χ0) is 15.8. The molecule has 21 heavy (non-hydrogen) atoms. The minimum atomic E-state index is -0.174. The first-order valence-electron chi connectivity index (χ1n) is 8.12. The van der Waals surface area contributed by atoms with Crippen LogP contribution in [0.15, 0.2) is 0 Å². The van der Waals surface area contributed by atoms with Gasteiger partial charge in [-0.1, -0.05) is 13.8 Å². The molecule has 1 saturated heterocycles. The van der Waals surface area contributed by atoms with Gasteiger partial charge < -0.3 is 15.4 Å². The predicted octanol–water partition coefficient (Wildman–Crippen LogP) is 1.80. The number of esters is 1. The molecular formula is C16H30N2O3. The van der Waals surface area contributed by atoms with Crippen molar-refractivity contribution in [2.45, 2.75) is 46.5 Å². The first-order chi connectivity index (χ1) is 9.97. The summed E-state index contributed by atoms with van der Waals surface area (Å²) in [7, 11) is 0. The zero-order valence-corrected chi connectivity index (χ0v) is 13.6. The van der Waals surface area contributed by atoms with Gasteiger partial charge in [0, 0.05) is 19.5 Å². The summed E-state index contributed by atoms with van der Waals surface area (Å²) in [5.74, 6) is 0.567. The number of hydrogen-bond acceptors (Lipinski definition) is 4. The highest BCUT2D eigenvalue weighted by Crippen LogP contribution is 2.21. The fourth-order valence-corrected chi connectivity index (χ4v) is 2.96. The number of carbonyl (C=O) groups excluding carboxylic acids is 2. The summed E-state index contributed by atoms with van der Waals surface area (Å²) in [4.78, 5) is 26.0. The molecule has 0 radical (unpaired) electrons. The van der Waals surface area contributed by atoms with E-state index in [2.05, 4.69) is 13.8 Å². The average molecular weight is 298 g/mol. The monoisotopic (exact) mass is 298 g/mol. The second-order valence-electron chi connectivity index (χ2n) is 6.37. The van der Waals surface area contributed by atoms with Crippen LogP contribution < -0.4 is 5.73 Å². The van der Waals surface area contributed by atoms with E-state index in [1.165, 1.54) is 0 Å². The lowest BCUT2D eigenvalue weighted by Crippen LogP contribution is -2.43. The Morgan fingerprint density at radius 3 is 2.67 bits per heavy atom. The van der Waals surface area contributed by atoms with Gasteiger partial charge in [0.05, 0.1) is 12.5 Å². The van der Waals surface area contributed by atoms with E-state index in [-0.39, 0.29) is 23.7 Å². The van der Waals surface area contributed by atoms with Crippen LogP contribution in [0.1, 0.15) is 46.5 Å². The Balaban J connectivity index is 2.51. The molecule has 1 fully saturated rings. The molecule has 1 amide bonds. The molecular weight excluding hydrogens is 268 g/mol. The molecule has 2 atom stereocenters. The molecule has 1 aliphatic rings. The van der Waals surface area contributed by atoms with Gasteiger partial charge in [0.2, 0.25) is 5.91 Å². The van der Waals surface area contributed by atoms with Gasteiger partial charge in [-0.15, -0.1) is 0 Å². The van der Waals surface area contributed by atoms with Gasteiger partial charge in [-0.25, -0.2) is 0 Å². The van der Waals surface area contributed by atoms with Crippen molar-refractivity contribution in [2.24, 2.45) is 23.5 Å². The van der Waals surface area contributed by atoms with Crippen molar-refractivity contribution in [3.05, 3.63) is 0 Å². The summed E-state index contributed by atoms with van der Waals surface area (Å²) in [6, 6.07) is 0. The van der Waals surface area contributed by atoms with Crippen LogP contribution in [0.25, 0.3) is 0 Å². The molecule has 0 aromatic rings. The molecule has 1 aliphatic heterocycles. The van der Waals surface area contributed by atoms with Crippen LogP contribution in [0.5, 0.6) is 0 Å². The van der Waals surface area contributed by atoms with Crippen LogP contribution >= 0.6 is 0 Å². The normalized spacial score (nSPS) is 20.4. The molecule has 1 heterocycles. The van der Waals surface area contributed by atoms with E-state index in [0.717, 1.165) is 25.8 Å². The topological polar surface area (TPSA) is 72.6 Å². The van der Waals surface area contributed by atoms with Crippen molar-refractivity contribution >= 4 is 11.9 Å². The molecule has 1 rings (SSSR count). The maximum atomic E-state index is 12.4. The highest BCUT2D eigenvalue weighted by Gasteiger charge is 2.30. The summed E-state index contributed by atoms with van der Waals surface area (Å²) in [5, 5.41) is 0. The molecule has 0 aromatic carbocycles. The van der Waals surface area contributed by atoms with Gasteiger partial charge in [-0.2, -0.15) is 0 Å². The quantitative estimate of drug-likeness (QED) is 0.727. The van der Waals surface area contributed by atoms with Crippen LogP contribution in [0.4, 0.5) is 0 Å². The first-order valence-corrected chi connectivity index (χ1v) is 8.12. The van der Waals surface area contributed by atoms with Gasteiger partial charge in [-0.05, 0) is 44.6 Å². The largest absolute Gasteiger partial charge is 0.466 e. The number of nitrogens with zero attached hydrogens (tertiary/aromatic N) is 1. The van der Waals surface area contributed by atoms with Gasteiger partial charge in [-0.3, -0.25) is 9.59 Å². The van der Waals surface area contributed by atoms with Crippen LogP contribution in [-0.4, -0.2) is 43.0 Å². The number of amides is 1. The lowest BCUT2D eigenvalue weighted by atomic mass is 9.92. The molecule has 5 heteroatoms. The summed E-state index contributed by atoms with van der Waals surface area (Å²) in [6.45, 7) is 8.27. The molecule has 0 spiro atoms. The van der Waals surface area contributed by atoms with Crippen LogP contribution in [0, 0.1) is 17.8 Å². The Hall–Kier alpha value is -1.10. The minimum Gasteiger partial charge on any atom is -0.466 e. The summed E-state index contributed by atoms with van der Waals surface area (Å²) in [6.07, 6.45) is 3.14.